The first kappa shape index (κ1) is 12.0. The van der Waals surface area contributed by atoms with Crippen LogP contribution in [0.4, 0.5) is 4.39 Å². The van der Waals surface area contributed by atoms with E-state index in [9.17, 15) is 4.39 Å². The van der Waals surface area contributed by atoms with E-state index in [0.717, 1.165) is 13.1 Å². The monoisotopic (exact) mass is 211 g/mol. The maximum atomic E-state index is 12.8. The molecule has 15 heavy (non-hydrogen) atoms. The minimum Gasteiger partial charge on any atom is -0.493 e. The minimum atomic E-state index is -0.258. The van der Waals surface area contributed by atoms with Crippen molar-refractivity contribution >= 4 is 0 Å². The molecule has 0 amide bonds. The topological polar surface area (TPSA) is 21.3 Å². The van der Waals surface area contributed by atoms with Gasteiger partial charge in [-0.2, -0.15) is 0 Å². The normalized spacial score (nSPS) is 12.5. The van der Waals surface area contributed by atoms with Gasteiger partial charge in [0.05, 0.1) is 6.61 Å². The molecule has 0 heterocycles. The number of halogens is 1. The quantitative estimate of drug-likeness (QED) is 0.780. The molecule has 0 aliphatic rings. The Morgan fingerprint density at radius 3 is 2.93 bits per heavy atom. The molecule has 1 unspecified atom stereocenters. The highest BCUT2D eigenvalue weighted by molar-refractivity contribution is 5.22. The van der Waals surface area contributed by atoms with Crippen LogP contribution in [-0.2, 0) is 0 Å². The molecule has 0 bridgehead atoms. The van der Waals surface area contributed by atoms with Crippen LogP contribution < -0.4 is 10.1 Å². The van der Waals surface area contributed by atoms with Crippen LogP contribution in [0.2, 0.25) is 0 Å². The summed E-state index contributed by atoms with van der Waals surface area (Å²) in [5.74, 6) is 0.762. The molecule has 0 aromatic heterocycles. The zero-order valence-corrected chi connectivity index (χ0v) is 9.29. The summed E-state index contributed by atoms with van der Waals surface area (Å²) >= 11 is 0. The van der Waals surface area contributed by atoms with E-state index in [4.69, 9.17) is 4.74 Å². The molecule has 84 valence electrons. The van der Waals surface area contributed by atoms with Gasteiger partial charge >= 0.3 is 0 Å². The number of rotatable bonds is 6. The van der Waals surface area contributed by atoms with Crippen LogP contribution in [0.5, 0.6) is 5.75 Å². The standard InChI is InChI=1S/C12H18FNO/c1-3-14-8-10(2)9-15-12-6-4-5-11(13)7-12/h4-7,10,14H,3,8-9H2,1-2H3. The molecule has 0 fully saturated rings. The molecule has 1 aromatic rings. The lowest BCUT2D eigenvalue weighted by molar-refractivity contribution is 0.255. The lowest BCUT2D eigenvalue weighted by Gasteiger charge is -2.13. The summed E-state index contributed by atoms with van der Waals surface area (Å²) < 4.78 is 18.3. The van der Waals surface area contributed by atoms with Crippen molar-refractivity contribution in [1.82, 2.24) is 5.32 Å². The zero-order chi connectivity index (χ0) is 11.1. The van der Waals surface area contributed by atoms with Gasteiger partial charge in [0.2, 0.25) is 0 Å². The summed E-state index contributed by atoms with van der Waals surface area (Å²) in [6.45, 7) is 6.66. The number of hydrogen-bond donors (Lipinski definition) is 1. The molecule has 0 spiro atoms. The largest absolute Gasteiger partial charge is 0.493 e. The van der Waals surface area contributed by atoms with E-state index in [1.807, 2.05) is 0 Å². The molecule has 1 atom stereocenters. The summed E-state index contributed by atoms with van der Waals surface area (Å²) in [6.07, 6.45) is 0. The average Bonchev–Trinajstić information content (AvgIpc) is 2.23. The molecule has 3 heteroatoms. The molecular weight excluding hydrogens is 193 g/mol. The Morgan fingerprint density at radius 1 is 1.47 bits per heavy atom. The van der Waals surface area contributed by atoms with Crippen molar-refractivity contribution in [2.75, 3.05) is 19.7 Å². The molecule has 0 radical (unpaired) electrons. The fourth-order valence-electron chi connectivity index (χ4n) is 1.24. The van der Waals surface area contributed by atoms with E-state index in [-0.39, 0.29) is 5.82 Å². The lowest BCUT2D eigenvalue weighted by Crippen LogP contribution is -2.24. The van der Waals surface area contributed by atoms with Gasteiger partial charge in [-0.05, 0) is 18.7 Å². The third kappa shape index (κ3) is 4.79. The molecule has 2 nitrogen and oxygen atoms in total. The minimum absolute atomic E-state index is 0.258. The third-order valence-electron chi connectivity index (χ3n) is 2.07. The summed E-state index contributed by atoms with van der Waals surface area (Å²) in [6, 6.07) is 6.23. The number of hydrogen-bond acceptors (Lipinski definition) is 2. The van der Waals surface area contributed by atoms with E-state index in [1.54, 1.807) is 12.1 Å². The number of nitrogens with one attached hydrogen (secondary N) is 1. The van der Waals surface area contributed by atoms with Crippen molar-refractivity contribution < 1.29 is 9.13 Å². The number of benzene rings is 1. The van der Waals surface area contributed by atoms with E-state index in [2.05, 4.69) is 19.2 Å². The lowest BCUT2D eigenvalue weighted by atomic mass is 10.2. The molecule has 1 rings (SSSR count). The van der Waals surface area contributed by atoms with Crippen LogP contribution >= 0.6 is 0 Å². The van der Waals surface area contributed by atoms with Gasteiger partial charge in [0, 0.05) is 18.5 Å². The second-order valence-electron chi connectivity index (χ2n) is 3.68. The summed E-state index contributed by atoms with van der Waals surface area (Å²) in [4.78, 5) is 0. The first-order chi connectivity index (χ1) is 7.22. The van der Waals surface area contributed by atoms with Gasteiger partial charge in [-0.25, -0.2) is 4.39 Å². The van der Waals surface area contributed by atoms with Gasteiger partial charge < -0.3 is 10.1 Å². The van der Waals surface area contributed by atoms with E-state index in [0.29, 0.717) is 18.3 Å². The van der Waals surface area contributed by atoms with Crippen LogP contribution in [-0.4, -0.2) is 19.7 Å². The van der Waals surface area contributed by atoms with Crippen LogP contribution in [0.15, 0.2) is 24.3 Å². The molecule has 0 aliphatic heterocycles. The predicted molar refractivity (Wildman–Crippen MR) is 59.6 cm³/mol. The molecule has 0 saturated carbocycles. The average molecular weight is 211 g/mol. The van der Waals surface area contributed by atoms with Crippen molar-refractivity contribution in [3.05, 3.63) is 30.1 Å². The molecule has 1 N–H and O–H groups in total. The van der Waals surface area contributed by atoms with E-state index in [1.165, 1.54) is 12.1 Å². The predicted octanol–water partition coefficient (Wildman–Crippen LogP) is 2.45. The Labute approximate surface area is 90.4 Å². The smallest absolute Gasteiger partial charge is 0.126 e. The highest BCUT2D eigenvalue weighted by atomic mass is 19.1. The van der Waals surface area contributed by atoms with Crippen molar-refractivity contribution in [1.29, 1.82) is 0 Å². The zero-order valence-electron chi connectivity index (χ0n) is 9.29. The van der Waals surface area contributed by atoms with Gasteiger partial charge in [0.1, 0.15) is 11.6 Å². The third-order valence-corrected chi connectivity index (χ3v) is 2.07. The van der Waals surface area contributed by atoms with E-state index < -0.39 is 0 Å². The van der Waals surface area contributed by atoms with Crippen LogP contribution in [0.25, 0.3) is 0 Å². The summed E-state index contributed by atoms with van der Waals surface area (Å²) in [7, 11) is 0. The van der Waals surface area contributed by atoms with Gasteiger partial charge in [-0.15, -0.1) is 0 Å². The highest BCUT2D eigenvalue weighted by Crippen LogP contribution is 2.12. The van der Waals surface area contributed by atoms with Gasteiger partial charge in [-0.1, -0.05) is 19.9 Å². The fraction of sp³-hybridized carbons (Fsp3) is 0.500. The van der Waals surface area contributed by atoms with Gasteiger partial charge in [0.25, 0.3) is 0 Å². The second-order valence-corrected chi connectivity index (χ2v) is 3.68. The second kappa shape index (κ2) is 6.40. The maximum Gasteiger partial charge on any atom is 0.126 e. The van der Waals surface area contributed by atoms with Crippen LogP contribution in [0.3, 0.4) is 0 Å². The van der Waals surface area contributed by atoms with Crippen LogP contribution in [0, 0.1) is 11.7 Å². The highest BCUT2D eigenvalue weighted by Gasteiger charge is 2.02. The van der Waals surface area contributed by atoms with E-state index >= 15 is 0 Å². The maximum absolute atomic E-state index is 12.8. The van der Waals surface area contributed by atoms with Crippen molar-refractivity contribution in [3.8, 4) is 5.75 Å². The van der Waals surface area contributed by atoms with Crippen molar-refractivity contribution in [2.45, 2.75) is 13.8 Å². The van der Waals surface area contributed by atoms with Crippen molar-refractivity contribution in [3.63, 3.8) is 0 Å². The molecular formula is C12H18FNO. The fourth-order valence-corrected chi connectivity index (χ4v) is 1.24. The van der Waals surface area contributed by atoms with Crippen LogP contribution in [0.1, 0.15) is 13.8 Å². The van der Waals surface area contributed by atoms with Crippen molar-refractivity contribution in [2.24, 2.45) is 5.92 Å². The summed E-state index contributed by atoms with van der Waals surface area (Å²) in [5, 5.41) is 3.24. The first-order valence-corrected chi connectivity index (χ1v) is 5.31. The Kier molecular flexibility index (Phi) is 5.12. The SMILES string of the molecule is CCNCC(C)COc1cccc(F)c1. The van der Waals surface area contributed by atoms with Gasteiger partial charge in [-0.3, -0.25) is 0 Å². The molecule has 0 aliphatic carbocycles. The first-order valence-electron chi connectivity index (χ1n) is 5.31. The number of ether oxygens (including phenoxy) is 1. The Balaban J connectivity index is 2.30. The Morgan fingerprint density at radius 2 is 2.27 bits per heavy atom. The Hall–Kier alpha value is -1.09. The van der Waals surface area contributed by atoms with Gasteiger partial charge in [0.15, 0.2) is 0 Å². The Bertz CT molecular complexity index is 291. The molecule has 0 saturated heterocycles. The molecule has 1 aromatic carbocycles. The summed E-state index contributed by atoms with van der Waals surface area (Å²) in [5.41, 5.74) is 0.